The van der Waals surface area contributed by atoms with Crippen LogP contribution >= 0.6 is 0 Å². The van der Waals surface area contributed by atoms with Crippen molar-refractivity contribution in [3.63, 3.8) is 0 Å². The first-order valence-corrected chi connectivity index (χ1v) is 3.57. The van der Waals surface area contributed by atoms with Gasteiger partial charge in [0.05, 0.1) is 0 Å². The quantitative estimate of drug-likeness (QED) is 0.608. The highest BCUT2D eigenvalue weighted by atomic mass is 19.1. The maximum atomic E-state index is 13.0. The second-order valence-corrected chi connectivity index (χ2v) is 2.38. The Morgan fingerprint density at radius 3 is 2.92 bits per heavy atom. The fourth-order valence-electron chi connectivity index (χ4n) is 0.913. The molecule has 0 aliphatic rings. The van der Waals surface area contributed by atoms with Crippen molar-refractivity contribution >= 4 is 0 Å². The van der Waals surface area contributed by atoms with Crippen LogP contribution in [0.5, 0.6) is 5.75 Å². The fourth-order valence-corrected chi connectivity index (χ4v) is 0.913. The third-order valence-electron chi connectivity index (χ3n) is 1.46. The van der Waals surface area contributed by atoms with E-state index in [1.807, 2.05) is 0 Å². The molecule has 1 nitrogen and oxygen atoms in total. The van der Waals surface area contributed by atoms with Crippen molar-refractivity contribution in [1.82, 2.24) is 0 Å². The molecule has 0 spiro atoms. The van der Waals surface area contributed by atoms with Gasteiger partial charge in [0.1, 0.15) is 6.61 Å². The van der Waals surface area contributed by atoms with Crippen LogP contribution in [0.15, 0.2) is 18.2 Å². The summed E-state index contributed by atoms with van der Waals surface area (Å²) < 4.78 is 18.0. The average molecular weight is 164 g/mol. The zero-order chi connectivity index (χ0) is 8.97. The van der Waals surface area contributed by atoms with Crippen LogP contribution in [-0.2, 0) is 0 Å². The zero-order valence-electron chi connectivity index (χ0n) is 6.80. The van der Waals surface area contributed by atoms with Crippen molar-refractivity contribution in [1.29, 1.82) is 0 Å². The van der Waals surface area contributed by atoms with Gasteiger partial charge in [-0.2, -0.15) is 0 Å². The Balaban J connectivity index is 2.90. The molecule has 0 saturated carbocycles. The highest BCUT2D eigenvalue weighted by molar-refractivity contribution is 5.33. The third-order valence-corrected chi connectivity index (χ3v) is 1.46. The van der Waals surface area contributed by atoms with Gasteiger partial charge in [0, 0.05) is 0 Å². The lowest BCUT2D eigenvalue weighted by Gasteiger charge is -2.06. The van der Waals surface area contributed by atoms with E-state index in [0.29, 0.717) is 0 Å². The van der Waals surface area contributed by atoms with Gasteiger partial charge >= 0.3 is 0 Å². The number of terminal acetylenes is 1. The van der Waals surface area contributed by atoms with Crippen LogP contribution in [0.1, 0.15) is 5.56 Å². The van der Waals surface area contributed by atoms with Crippen LogP contribution in [0, 0.1) is 25.1 Å². The van der Waals surface area contributed by atoms with Crippen LogP contribution in [0.25, 0.3) is 0 Å². The van der Waals surface area contributed by atoms with Gasteiger partial charge in [-0.15, -0.1) is 6.42 Å². The van der Waals surface area contributed by atoms with E-state index in [1.165, 1.54) is 6.07 Å². The Labute approximate surface area is 71.2 Å². The van der Waals surface area contributed by atoms with Gasteiger partial charge in [0.2, 0.25) is 0 Å². The topological polar surface area (TPSA) is 9.23 Å². The second-order valence-electron chi connectivity index (χ2n) is 2.38. The molecule has 0 fully saturated rings. The van der Waals surface area contributed by atoms with Crippen LogP contribution in [0.3, 0.4) is 0 Å². The highest BCUT2D eigenvalue weighted by Crippen LogP contribution is 2.20. The summed E-state index contributed by atoms with van der Waals surface area (Å²) in [4.78, 5) is 0. The largest absolute Gasteiger partial charge is 0.478 e. The summed E-state index contributed by atoms with van der Waals surface area (Å²) in [6.45, 7) is 1.87. The van der Waals surface area contributed by atoms with Gasteiger partial charge in [-0.05, 0) is 18.6 Å². The van der Waals surface area contributed by atoms with Crippen LogP contribution in [-0.4, -0.2) is 6.61 Å². The smallest absolute Gasteiger partial charge is 0.165 e. The predicted molar refractivity (Wildman–Crippen MR) is 45.5 cm³/mol. The molecule has 0 saturated heterocycles. The van der Waals surface area contributed by atoms with E-state index in [0.717, 1.165) is 5.56 Å². The lowest BCUT2D eigenvalue weighted by atomic mass is 10.2. The summed E-state index contributed by atoms with van der Waals surface area (Å²) in [5, 5.41) is 0. The van der Waals surface area contributed by atoms with Crippen molar-refractivity contribution in [2.45, 2.75) is 6.92 Å². The van der Waals surface area contributed by atoms with Crippen molar-refractivity contribution in [3.8, 4) is 18.1 Å². The van der Waals surface area contributed by atoms with Gasteiger partial charge in [-0.1, -0.05) is 18.1 Å². The van der Waals surface area contributed by atoms with E-state index >= 15 is 0 Å². The molecule has 2 heteroatoms. The molecule has 0 heterocycles. The number of aryl methyl sites for hydroxylation is 1. The number of ether oxygens (including phenoxy) is 1. The summed E-state index contributed by atoms with van der Waals surface area (Å²) in [6.07, 6.45) is 4.98. The van der Waals surface area contributed by atoms with Crippen molar-refractivity contribution in [2.75, 3.05) is 6.61 Å². The van der Waals surface area contributed by atoms with E-state index in [-0.39, 0.29) is 18.2 Å². The normalized spacial score (nSPS) is 9.08. The Bertz CT molecular complexity index is 292. The minimum Gasteiger partial charge on any atom is -0.478 e. The minimum absolute atomic E-state index is 0.0990. The Hall–Kier alpha value is -1.49. The van der Waals surface area contributed by atoms with Crippen molar-refractivity contribution in [3.05, 3.63) is 29.6 Å². The van der Waals surface area contributed by atoms with E-state index in [9.17, 15) is 4.39 Å². The predicted octanol–water partition coefficient (Wildman–Crippen LogP) is 2.15. The monoisotopic (exact) mass is 164 g/mol. The Kier molecular flexibility index (Phi) is 2.71. The Morgan fingerprint density at radius 1 is 1.58 bits per heavy atom. The zero-order valence-corrected chi connectivity index (χ0v) is 6.80. The first kappa shape index (κ1) is 8.61. The maximum absolute atomic E-state index is 13.0. The molecule has 1 aromatic carbocycles. The first-order chi connectivity index (χ1) is 5.75. The molecular weight excluding hydrogens is 155 g/mol. The highest BCUT2D eigenvalue weighted by Gasteiger charge is 2.04. The molecule has 0 N–H and O–H groups in total. The standard InChI is InChI=1S/C10H9FO/c1-3-7-12-10-8(2)5-4-6-9(10)11/h1,4-6H,7H2,2H3. The number of hydrogen-bond acceptors (Lipinski definition) is 1. The lowest BCUT2D eigenvalue weighted by Crippen LogP contribution is -1.97. The van der Waals surface area contributed by atoms with E-state index < -0.39 is 0 Å². The lowest BCUT2D eigenvalue weighted by molar-refractivity contribution is 0.345. The molecule has 0 aromatic heterocycles. The van der Waals surface area contributed by atoms with Gasteiger partial charge in [-0.25, -0.2) is 4.39 Å². The van der Waals surface area contributed by atoms with Crippen LogP contribution in [0.4, 0.5) is 4.39 Å². The summed E-state index contributed by atoms with van der Waals surface area (Å²) >= 11 is 0. The molecule has 0 aliphatic heterocycles. The number of benzene rings is 1. The minimum atomic E-state index is -0.370. The molecule has 0 aliphatic carbocycles. The van der Waals surface area contributed by atoms with Gasteiger partial charge in [-0.3, -0.25) is 0 Å². The summed E-state index contributed by atoms with van der Waals surface area (Å²) in [7, 11) is 0. The second kappa shape index (κ2) is 3.77. The van der Waals surface area contributed by atoms with Gasteiger partial charge in [0.25, 0.3) is 0 Å². The molecule has 0 unspecified atom stereocenters. The number of hydrogen-bond donors (Lipinski definition) is 0. The summed E-state index contributed by atoms with van der Waals surface area (Å²) in [5.74, 6) is 2.16. The fraction of sp³-hybridized carbons (Fsp3) is 0.200. The summed E-state index contributed by atoms with van der Waals surface area (Å²) in [6, 6.07) is 4.75. The van der Waals surface area contributed by atoms with E-state index in [4.69, 9.17) is 11.2 Å². The number of rotatable bonds is 2. The molecule has 0 radical (unpaired) electrons. The molecule has 12 heavy (non-hydrogen) atoms. The molecule has 0 bridgehead atoms. The van der Waals surface area contributed by atoms with Crippen LogP contribution < -0.4 is 4.74 Å². The van der Waals surface area contributed by atoms with Crippen molar-refractivity contribution in [2.24, 2.45) is 0 Å². The SMILES string of the molecule is C#CCOc1c(C)cccc1F. The number of para-hydroxylation sites is 1. The third kappa shape index (κ3) is 1.76. The first-order valence-electron chi connectivity index (χ1n) is 3.57. The van der Waals surface area contributed by atoms with Gasteiger partial charge in [0.15, 0.2) is 11.6 Å². The average Bonchev–Trinajstić information content (AvgIpc) is 2.04. The maximum Gasteiger partial charge on any atom is 0.165 e. The van der Waals surface area contributed by atoms with Crippen molar-refractivity contribution < 1.29 is 9.13 Å². The van der Waals surface area contributed by atoms with Crippen LogP contribution in [0.2, 0.25) is 0 Å². The van der Waals surface area contributed by atoms with Gasteiger partial charge < -0.3 is 4.74 Å². The molecule has 1 rings (SSSR count). The van der Waals surface area contributed by atoms with E-state index in [1.54, 1.807) is 19.1 Å². The molecule has 0 atom stereocenters. The number of halogens is 1. The molecule has 62 valence electrons. The van der Waals surface area contributed by atoms with E-state index in [2.05, 4.69) is 5.92 Å². The Morgan fingerprint density at radius 2 is 2.33 bits per heavy atom. The summed E-state index contributed by atoms with van der Waals surface area (Å²) in [5.41, 5.74) is 0.755. The molecule has 1 aromatic rings. The molecule has 0 amide bonds. The molecular formula is C10H9FO.